The van der Waals surface area contributed by atoms with Crippen LogP contribution in [0.3, 0.4) is 0 Å². The first kappa shape index (κ1) is 15.1. The Morgan fingerprint density at radius 1 is 1.29 bits per heavy atom. The van der Waals surface area contributed by atoms with Crippen LogP contribution in [0.15, 0.2) is 46.9 Å². The fraction of sp³-hybridized carbons (Fsp3) is 0.125. The van der Waals surface area contributed by atoms with E-state index in [1.54, 1.807) is 49.6 Å². The Morgan fingerprint density at radius 2 is 2.10 bits per heavy atom. The minimum atomic E-state index is -0.152. The summed E-state index contributed by atoms with van der Waals surface area (Å²) in [5.41, 5.74) is 1.02. The van der Waals surface area contributed by atoms with Crippen LogP contribution in [-0.4, -0.2) is 19.5 Å². The van der Waals surface area contributed by atoms with Gasteiger partial charge in [0.05, 0.1) is 23.2 Å². The van der Waals surface area contributed by atoms with Crippen LogP contribution in [0.2, 0.25) is 0 Å². The maximum atomic E-state index is 12.1. The average molecular weight is 346 g/mol. The van der Waals surface area contributed by atoms with Gasteiger partial charge in [-0.2, -0.15) is 5.26 Å². The van der Waals surface area contributed by atoms with E-state index in [1.807, 2.05) is 6.07 Å². The molecule has 0 aromatic heterocycles. The molecule has 0 spiro atoms. The largest absolute Gasteiger partial charge is 0.496 e. The minimum Gasteiger partial charge on any atom is -0.496 e. The number of methoxy groups -OCH3 is 1. The molecule has 5 heteroatoms. The van der Waals surface area contributed by atoms with E-state index in [0.717, 1.165) is 0 Å². The van der Waals surface area contributed by atoms with Gasteiger partial charge in [-0.3, -0.25) is 4.79 Å². The van der Waals surface area contributed by atoms with Crippen molar-refractivity contribution in [2.75, 3.05) is 13.7 Å². The van der Waals surface area contributed by atoms with Crippen molar-refractivity contribution >= 4 is 21.7 Å². The lowest BCUT2D eigenvalue weighted by atomic mass is 10.1. The number of benzene rings is 2. The van der Waals surface area contributed by atoms with Crippen molar-refractivity contribution in [1.29, 1.82) is 5.26 Å². The molecule has 0 unspecified atom stereocenters. The number of rotatable bonds is 5. The van der Waals surface area contributed by atoms with Gasteiger partial charge in [-0.25, -0.2) is 0 Å². The molecule has 0 saturated carbocycles. The zero-order valence-electron chi connectivity index (χ0n) is 11.3. The molecular weight excluding hydrogens is 334 g/mol. The topological polar surface area (TPSA) is 59.3 Å². The molecule has 0 aliphatic rings. The lowest BCUT2D eigenvalue weighted by Crippen LogP contribution is -2.11. The van der Waals surface area contributed by atoms with Gasteiger partial charge in [-0.1, -0.05) is 6.07 Å². The second-order valence-corrected chi connectivity index (χ2v) is 5.06. The van der Waals surface area contributed by atoms with Crippen molar-refractivity contribution in [2.24, 2.45) is 0 Å². The predicted octanol–water partition coefficient (Wildman–Crippen LogP) is 3.59. The molecule has 0 aliphatic heterocycles. The van der Waals surface area contributed by atoms with Gasteiger partial charge >= 0.3 is 0 Å². The number of hydrogen-bond donors (Lipinski definition) is 0. The van der Waals surface area contributed by atoms with E-state index in [2.05, 4.69) is 15.9 Å². The minimum absolute atomic E-state index is 0.0896. The van der Waals surface area contributed by atoms with Gasteiger partial charge in [0, 0.05) is 5.56 Å². The lowest BCUT2D eigenvalue weighted by molar-refractivity contribution is 0.0921. The number of nitrogens with zero attached hydrogens (tertiary/aromatic N) is 1. The fourth-order valence-corrected chi connectivity index (χ4v) is 2.27. The van der Waals surface area contributed by atoms with Crippen molar-refractivity contribution in [3.63, 3.8) is 0 Å². The molecule has 0 fully saturated rings. The highest BCUT2D eigenvalue weighted by molar-refractivity contribution is 9.10. The summed E-state index contributed by atoms with van der Waals surface area (Å²) in [7, 11) is 1.56. The van der Waals surface area contributed by atoms with Crippen molar-refractivity contribution < 1.29 is 14.3 Å². The monoisotopic (exact) mass is 345 g/mol. The van der Waals surface area contributed by atoms with E-state index < -0.39 is 0 Å². The fourth-order valence-electron chi connectivity index (χ4n) is 1.73. The van der Waals surface area contributed by atoms with Crippen LogP contribution in [0, 0.1) is 11.3 Å². The molecular formula is C16H12BrNO3. The second kappa shape index (κ2) is 6.91. The van der Waals surface area contributed by atoms with E-state index in [9.17, 15) is 4.79 Å². The molecule has 0 bridgehead atoms. The standard InChI is InChI=1S/C16H12BrNO3/c1-20-16-6-5-12(8-14(16)17)15(19)10-21-13-4-2-3-11(7-13)9-18/h2-8H,10H2,1H3. The van der Waals surface area contributed by atoms with Gasteiger partial charge in [-0.15, -0.1) is 0 Å². The van der Waals surface area contributed by atoms with Gasteiger partial charge < -0.3 is 9.47 Å². The third-order valence-electron chi connectivity index (χ3n) is 2.81. The Bertz CT molecular complexity index is 707. The maximum absolute atomic E-state index is 12.1. The summed E-state index contributed by atoms with van der Waals surface area (Å²) in [5, 5.41) is 8.81. The number of carbonyl (C=O) groups excluding carboxylic acids is 1. The van der Waals surface area contributed by atoms with Crippen LogP contribution in [-0.2, 0) is 0 Å². The van der Waals surface area contributed by atoms with E-state index >= 15 is 0 Å². The van der Waals surface area contributed by atoms with Gasteiger partial charge in [0.15, 0.2) is 12.4 Å². The van der Waals surface area contributed by atoms with E-state index in [-0.39, 0.29) is 12.4 Å². The molecule has 21 heavy (non-hydrogen) atoms. The molecule has 2 aromatic carbocycles. The highest BCUT2D eigenvalue weighted by atomic mass is 79.9. The zero-order chi connectivity index (χ0) is 15.2. The van der Waals surface area contributed by atoms with Crippen molar-refractivity contribution in [1.82, 2.24) is 0 Å². The number of ether oxygens (including phenoxy) is 2. The summed E-state index contributed by atoms with van der Waals surface area (Å²) in [4.78, 5) is 12.1. The molecule has 0 atom stereocenters. The molecule has 2 aromatic rings. The highest BCUT2D eigenvalue weighted by Crippen LogP contribution is 2.25. The van der Waals surface area contributed by atoms with Gasteiger partial charge in [0.1, 0.15) is 11.5 Å². The van der Waals surface area contributed by atoms with Crippen LogP contribution in [0.4, 0.5) is 0 Å². The Kier molecular flexibility index (Phi) is 4.96. The second-order valence-electron chi connectivity index (χ2n) is 4.20. The van der Waals surface area contributed by atoms with E-state index in [4.69, 9.17) is 14.7 Å². The Morgan fingerprint density at radius 3 is 2.76 bits per heavy atom. The first-order chi connectivity index (χ1) is 10.1. The molecule has 0 aliphatic carbocycles. The number of ketones is 1. The number of Topliss-reactive ketones (excluding diaryl/α,β-unsaturated/α-hetero) is 1. The van der Waals surface area contributed by atoms with Crippen LogP contribution in [0.5, 0.6) is 11.5 Å². The zero-order valence-corrected chi connectivity index (χ0v) is 12.9. The summed E-state index contributed by atoms with van der Waals surface area (Å²) >= 11 is 3.34. The van der Waals surface area contributed by atoms with Crippen molar-refractivity contribution in [2.45, 2.75) is 0 Å². The molecule has 0 N–H and O–H groups in total. The number of carbonyl (C=O) groups is 1. The summed E-state index contributed by atoms with van der Waals surface area (Å²) in [5.74, 6) is 1.00. The molecule has 2 rings (SSSR count). The summed E-state index contributed by atoms with van der Waals surface area (Å²) in [6, 6.07) is 13.8. The van der Waals surface area contributed by atoms with Crippen molar-refractivity contribution in [3.05, 3.63) is 58.1 Å². The van der Waals surface area contributed by atoms with Crippen LogP contribution in [0.25, 0.3) is 0 Å². The third kappa shape index (κ3) is 3.83. The highest BCUT2D eigenvalue weighted by Gasteiger charge is 2.10. The van der Waals surface area contributed by atoms with Crippen LogP contribution < -0.4 is 9.47 Å². The maximum Gasteiger partial charge on any atom is 0.200 e. The summed E-state index contributed by atoms with van der Waals surface area (Å²) < 4.78 is 11.2. The molecule has 0 saturated heterocycles. The molecule has 106 valence electrons. The van der Waals surface area contributed by atoms with E-state index in [1.165, 1.54) is 0 Å². The molecule has 0 amide bonds. The Hall–Kier alpha value is -2.32. The first-order valence-corrected chi connectivity index (χ1v) is 6.93. The number of hydrogen-bond acceptors (Lipinski definition) is 4. The third-order valence-corrected chi connectivity index (χ3v) is 3.43. The van der Waals surface area contributed by atoms with Gasteiger partial charge in [-0.05, 0) is 52.3 Å². The Labute approximate surface area is 131 Å². The molecule has 0 radical (unpaired) electrons. The molecule has 0 heterocycles. The number of nitriles is 1. The number of halogens is 1. The van der Waals surface area contributed by atoms with Crippen molar-refractivity contribution in [3.8, 4) is 17.6 Å². The quantitative estimate of drug-likeness (QED) is 0.777. The predicted molar refractivity (Wildman–Crippen MR) is 81.7 cm³/mol. The van der Waals surface area contributed by atoms with Gasteiger partial charge in [0.25, 0.3) is 0 Å². The molecule has 4 nitrogen and oxygen atoms in total. The normalized spacial score (nSPS) is 9.76. The average Bonchev–Trinajstić information content (AvgIpc) is 2.52. The van der Waals surface area contributed by atoms with Crippen LogP contribution >= 0.6 is 15.9 Å². The summed E-state index contributed by atoms with van der Waals surface area (Å²) in [6.07, 6.45) is 0. The smallest absolute Gasteiger partial charge is 0.200 e. The summed E-state index contributed by atoms with van der Waals surface area (Å²) in [6.45, 7) is -0.0896. The van der Waals surface area contributed by atoms with E-state index in [0.29, 0.717) is 27.1 Å². The van der Waals surface area contributed by atoms with Crippen LogP contribution in [0.1, 0.15) is 15.9 Å². The Balaban J connectivity index is 2.04. The SMILES string of the molecule is COc1ccc(C(=O)COc2cccc(C#N)c2)cc1Br. The lowest BCUT2D eigenvalue weighted by Gasteiger charge is -2.07. The first-order valence-electron chi connectivity index (χ1n) is 6.13. The van der Waals surface area contributed by atoms with Gasteiger partial charge in [0.2, 0.25) is 0 Å².